The molecule has 5 nitrogen and oxygen atoms in total. The number of nitrogens with one attached hydrogen (secondary N) is 1. The summed E-state index contributed by atoms with van der Waals surface area (Å²) >= 11 is 0. The molecule has 1 heterocycles. The Morgan fingerprint density at radius 2 is 1.94 bits per heavy atom. The molecule has 1 saturated heterocycles. The van der Waals surface area contributed by atoms with Gasteiger partial charge in [0.15, 0.2) is 0 Å². The fraction of sp³-hybridized carbons (Fsp3) is 0.750. The van der Waals surface area contributed by atoms with Crippen LogP contribution in [0, 0.1) is 17.3 Å². The summed E-state index contributed by atoms with van der Waals surface area (Å²) in [6.45, 7) is 2.05. The molecule has 3 aliphatic rings. The van der Waals surface area contributed by atoms with Crippen LogP contribution in [0.2, 0.25) is 0 Å². The van der Waals surface area contributed by atoms with Gasteiger partial charge in [0.2, 0.25) is 11.8 Å². The zero-order valence-electron chi connectivity index (χ0n) is 9.86. The van der Waals surface area contributed by atoms with Gasteiger partial charge in [0.1, 0.15) is 5.92 Å². The third-order valence-corrected chi connectivity index (χ3v) is 4.31. The highest BCUT2D eigenvalue weighted by Crippen LogP contribution is 2.61. The van der Waals surface area contributed by atoms with E-state index in [2.05, 4.69) is 5.32 Å². The maximum absolute atomic E-state index is 11.9. The smallest absolute Gasteiger partial charge is 0.277 e. The van der Waals surface area contributed by atoms with E-state index in [0.29, 0.717) is 12.5 Å². The van der Waals surface area contributed by atoms with E-state index in [9.17, 15) is 14.4 Å². The second kappa shape index (κ2) is 3.31. The third kappa shape index (κ3) is 1.64. The summed E-state index contributed by atoms with van der Waals surface area (Å²) in [7, 11) is 0. The topological polar surface area (TPSA) is 66.5 Å². The summed E-state index contributed by atoms with van der Waals surface area (Å²) in [6.07, 6.45) is 4.66. The molecule has 3 rings (SSSR count). The van der Waals surface area contributed by atoms with Crippen LogP contribution in [0.25, 0.3) is 0 Å². The van der Waals surface area contributed by atoms with Gasteiger partial charge in [-0.15, -0.1) is 0 Å². The van der Waals surface area contributed by atoms with E-state index in [1.807, 2.05) is 0 Å². The summed E-state index contributed by atoms with van der Waals surface area (Å²) in [5.41, 5.74) is 0.188. The molecule has 5 heteroatoms. The van der Waals surface area contributed by atoms with E-state index in [4.69, 9.17) is 0 Å². The van der Waals surface area contributed by atoms with Crippen molar-refractivity contribution in [1.29, 1.82) is 0 Å². The van der Waals surface area contributed by atoms with Crippen molar-refractivity contribution in [3.8, 4) is 0 Å². The van der Waals surface area contributed by atoms with Crippen molar-refractivity contribution in [3.05, 3.63) is 0 Å². The van der Waals surface area contributed by atoms with Crippen LogP contribution in [0.15, 0.2) is 0 Å². The average Bonchev–Trinajstić information content (AvgIpc) is 3.13. The van der Waals surface area contributed by atoms with E-state index in [1.165, 1.54) is 17.7 Å². The van der Waals surface area contributed by atoms with Gasteiger partial charge in [-0.3, -0.25) is 19.8 Å². The Labute approximate surface area is 99.5 Å². The number of urea groups is 1. The predicted molar refractivity (Wildman–Crippen MR) is 58.8 cm³/mol. The zero-order valence-corrected chi connectivity index (χ0v) is 9.86. The number of carbonyl (C=O) groups excluding carboxylic acids is 3. The highest BCUT2D eigenvalue weighted by atomic mass is 16.2. The Morgan fingerprint density at radius 3 is 2.47 bits per heavy atom. The molecule has 0 aromatic rings. The third-order valence-electron chi connectivity index (χ3n) is 4.31. The minimum Gasteiger partial charge on any atom is -0.277 e. The van der Waals surface area contributed by atoms with Crippen LogP contribution < -0.4 is 5.32 Å². The fourth-order valence-electron chi connectivity index (χ4n) is 2.74. The first kappa shape index (κ1) is 10.7. The van der Waals surface area contributed by atoms with Gasteiger partial charge in [-0.2, -0.15) is 0 Å². The second-order valence-corrected chi connectivity index (χ2v) is 5.58. The molecular weight excluding hydrogens is 220 g/mol. The molecule has 0 aromatic carbocycles. The molecule has 4 amide bonds. The molecule has 17 heavy (non-hydrogen) atoms. The molecule has 0 bridgehead atoms. The Kier molecular flexibility index (Phi) is 2.09. The van der Waals surface area contributed by atoms with Crippen molar-refractivity contribution in [3.63, 3.8) is 0 Å². The molecule has 1 N–H and O–H groups in total. The number of hydrogen-bond acceptors (Lipinski definition) is 3. The molecule has 1 unspecified atom stereocenters. The minimum atomic E-state index is -0.734. The second-order valence-electron chi connectivity index (χ2n) is 5.58. The number of hydrogen-bond donors (Lipinski definition) is 1. The van der Waals surface area contributed by atoms with Crippen LogP contribution in [0.4, 0.5) is 4.79 Å². The van der Waals surface area contributed by atoms with E-state index in [-0.39, 0.29) is 11.3 Å². The van der Waals surface area contributed by atoms with Gasteiger partial charge in [0, 0.05) is 6.54 Å². The van der Waals surface area contributed by atoms with Crippen LogP contribution in [-0.2, 0) is 9.59 Å². The lowest BCUT2D eigenvalue weighted by atomic mass is 9.98. The maximum atomic E-state index is 11.9. The van der Waals surface area contributed by atoms with Crippen molar-refractivity contribution in [2.75, 3.05) is 6.54 Å². The van der Waals surface area contributed by atoms with Crippen molar-refractivity contribution in [2.45, 2.75) is 32.6 Å². The molecule has 2 aliphatic carbocycles. The highest BCUT2D eigenvalue weighted by Gasteiger charge is 2.56. The van der Waals surface area contributed by atoms with E-state index >= 15 is 0 Å². The van der Waals surface area contributed by atoms with Crippen molar-refractivity contribution in [1.82, 2.24) is 10.2 Å². The van der Waals surface area contributed by atoms with Crippen LogP contribution in [0.1, 0.15) is 32.6 Å². The highest BCUT2D eigenvalue weighted by molar-refractivity contribution is 6.15. The Hall–Kier alpha value is -1.39. The van der Waals surface area contributed by atoms with Crippen LogP contribution >= 0.6 is 0 Å². The van der Waals surface area contributed by atoms with Gasteiger partial charge in [-0.1, -0.05) is 0 Å². The van der Waals surface area contributed by atoms with Crippen LogP contribution in [0.5, 0.6) is 0 Å². The normalized spacial score (nSPS) is 31.5. The van der Waals surface area contributed by atoms with E-state index in [0.717, 1.165) is 12.8 Å². The summed E-state index contributed by atoms with van der Waals surface area (Å²) < 4.78 is 0. The van der Waals surface area contributed by atoms with Gasteiger partial charge in [-0.05, 0) is 43.9 Å². The van der Waals surface area contributed by atoms with E-state index < -0.39 is 17.9 Å². The van der Waals surface area contributed by atoms with E-state index in [1.54, 1.807) is 6.92 Å². The summed E-state index contributed by atoms with van der Waals surface area (Å²) in [6, 6.07) is -0.537. The average molecular weight is 236 g/mol. The Balaban J connectivity index is 1.75. The minimum absolute atomic E-state index is 0.188. The number of carbonyl (C=O) groups is 3. The number of imide groups is 2. The monoisotopic (exact) mass is 236 g/mol. The predicted octanol–water partition coefficient (Wildman–Crippen LogP) is 0.891. The quantitative estimate of drug-likeness (QED) is 0.740. The lowest BCUT2D eigenvalue weighted by molar-refractivity contribution is -0.142. The molecule has 92 valence electrons. The van der Waals surface area contributed by atoms with Crippen LogP contribution in [0.3, 0.4) is 0 Å². The first-order valence-electron chi connectivity index (χ1n) is 6.20. The molecule has 1 aliphatic heterocycles. The molecule has 2 saturated carbocycles. The molecule has 0 aromatic heterocycles. The van der Waals surface area contributed by atoms with Gasteiger partial charge in [0.05, 0.1) is 0 Å². The van der Waals surface area contributed by atoms with Crippen LogP contribution in [-0.4, -0.2) is 29.3 Å². The molecular formula is C12H16N2O3. The number of barbiturate groups is 1. The number of rotatable bonds is 3. The lowest BCUT2D eigenvalue weighted by Crippen LogP contribution is -2.58. The van der Waals surface area contributed by atoms with Crippen molar-refractivity contribution < 1.29 is 14.4 Å². The number of amides is 4. The van der Waals surface area contributed by atoms with Crippen molar-refractivity contribution >= 4 is 17.8 Å². The molecule has 3 fully saturated rings. The molecule has 1 atom stereocenters. The van der Waals surface area contributed by atoms with Gasteiger partial charge in [-0.25, -0.2) is 4.79 Å². The van der Waals surface area contributed by atoms with Gasteiger partial charge >= 0.3 is 6.03 Å². The first-order chi connectivity index (χ1) is 8.03. The van der Waals surface area contributed by atoms with Gasteiger partial charge in [0.25, 0.3) is 0 Å². The largest absolute Gasteiger partial charge is 0.330 e. The number of nitrogens with zero attached hydrogens (tertiary/aromatic N) is 1. The summed E-state index contributed by atoms with van der Waals surface area (Å²) in [4.78, 5) is 36.2. The fourth-order valence-corrected chi connectivity index (χ4v) is 2.74. The maximum Gasteiger partial charge on any atom is 0.330 e. The molecule has 0 spiro atoms. The zero-order chi connectivity index (χ0) is 12.2. The standard InChI is InChI=1S/C12H16N2O3/c1-7-9(15)13-11(17)14(10(7)16)6-12(4-5-12)8-2-3-8/h7-8H,2-6H2,1H3,(H,13,15,17). The Morgan fingerprint density at radius 1 is 1.29 bits per heavy atom. The summed E-state index contributed by atoms with van der Waals surface area (Å²) in [5, 5.41) is 2.25. The Bertz CT molecular complexity index is 410. The lowest BCUT2D eigenvalue weighted by Gasteiger charge is -2.31. The first-order valence-corrected chi connectivity index (χ1v) is 6.20. The SMILES string of the molecule is CC1C(=O)NC(=O)N(CC2(C3CC3)CC2)C1=O. The summed E-state index contributed by atoms with van der Waals surface area (Å²) in [5.74, 6) is -0.864. The van der Waals surface area contributed by atoms with Gasteiger partial charge < -0.3 is 0 Å². The van der Waals surface area contributed by atoms with Crippen molar-refractivity contribution in [2.24, 2.45) is 17.3 Å². The molecule has 0 radical (unpaired) electrons.